The molecule has 4 heteroatoms. The molecule has 2 aliphatic heterocycles. The number of fused-ring (bicyclic) bond motifs is 2. The summed E-state index contributed by atoms with van der Waals surface area (Å²) >= 11 is 0. The van der Waals surface area contributed by atoms with E-state index in [9.17, 15) is 4.91 Å². The fraction of sp³-hybridized carbons (Fsp3) is 0.333. The number of aryl methyl sites for hydroxylation is 2. The van der Waals surface area contributed by atoms with Gasteiger partial charge in [-0.15, -0.1) is 4.91 Å². The molecule has 4 nitrogen and oxygen atoms in total. The molecule has 2 aromatic rings. The third-order valence-electron chi connectivity index (χ3n) is 4.90. The average molecular weight is 293 g/mol. The molecule has 0 unspecified atom stereocenters. The first-order chi connectivity index (χ1) is 10.9. The van der Waals surface area contributed by atoms with Crippen LogP contribution in [-0.2, 0) is 12.8 Å². The van der Waals surface area contributed by atoms with E-state index in [0.29, 0.717) is 0 Å². The molecule has 0 spiro atoms. The summed E-state index contributed by atoms with van der Waals surface area (Å²) in [7, 11) is 0. The van der Waals surface area contributed by atoms with E-state index in [-0.39, 0.29) is 12.1 Å². The molecule has 0 fully saturated rings. The molecule has 2 aromatic carbocycles. The molecular weight excluding hydrogens is 274 g/mol. The molecule has 0 aromatic heterocycles. The van der Waals surface area contributed by atoms with Crippen molar-refractivity contribution >= 4 is 11.4 Å². The molecule has 2 aliphatic rings. The van der Waals surface area contributed by atoms with Crippen molar-refractivity contribution in [3.63, 3.8) is 0 Å². The fourth-order valence-electron chi connectivity index (χ4n) is 3.78. The molecule has 0 saturated carbocycles. The number of benzene rings is 2. The van der Waals surface area contributed by atoms with E-state index in [4.69, 9.17) is 0 Å². The Morgan fingerprint density at radius 2 is 1.68 bits per heavy atom. The molecule has 2 heterocycles. The Morgan fingerprint density at radius 1 is 0.955 bits per heavy atom. The van der Waals surface area contributed by atoms with Crippen LogP contribution in [0.4, 0.5) is 11.4 Å². The lowest BCUT2D eigenvalue weighted by Gasteiger charge is -2.40. The van der Waals surface area contributed by atoms with E-state index >= 15 is 0 Å². The minimum absolute atomic E-state index is 0.126. The molecule has 4 rings (SSSR count). The van der Waals surface area contributed by atoms with Crippen LogP contribution in [0.2, 0.25) is 0 Å². The van der Waals surface area contributed by atoms with Gasteiger partial charge in [0, 0.05) is 11.7 Å². The van der Waals surface area contributed by atoms with Gasteiger partial charge in [0.1, 0.15) is 0 Å². The number of hydrogen-bond acceptors (Lipinski definition) is 3. The van der Waals surface area contributed by atoms with Gasteiger partial charge in [0.25, 0.3) is 0 Å². The first-order valence-electron chi connectivity index (χ1n) is 7.91. The molecule has 0 radical (unpaired) electrons. The van der Waals surface area contributed by atoms with Crippen molar-refractivity contribution in [1.29, 1.82) is 0 Å². The van der Waals surface area contributed by atoms with Crippen molar-refractivity contribution in [2.24, 2.45) is 5.29 Å². The van der Waals surface area contributed by atoms with Crippen LogP contribution in [0.3, 0.4) is 0 Å². The van der Waals surface area contributed by atoms with Crippen molar-refractivity contribution in [2.45, 2.75) is 37.8 Å². The predicted octanol–water partition coefficient (Wildman–Crippen LogP) is 3.92. The minimum atomic E-state index is 0.126. The first kappa shape index (κ1) is 13.3. The number of nitrogens with zero attached hydrogens (tertiary/aromatic N) is 2. The van der Waals surface area contributed by atoms with Crippen LogP contribution in [0.1, 0.15) is 24.0 Å². The van der Waals surface area contributed by atoms with E-state index in [1.807, 2.05) is 18.2 Å². The van der Waals surface area contributed by atoms with Gasteiger partial charge in [0.2, 0.25) is 0 Å². The average Bonchev–Trinajstić information content (AvgIpc) is 2.60. The standard InChI is InChI=1S/C18H19N3O/c22-20-21-17-8-4-2-6-14(17)10-12-18(21)16-11-9-13-5-1-3-7-15(13)19-16/h1-8,16,18-19H,9-12H2/t16-,18+/m1/s1. The van der Waals surface area contributed by atoms with E-state index in [1.54, 1.807) is 5.01 Å². The quantitative estimate of drug-likeness (QED) is 0.854. The van der Waals surface area contributed by atoms with Gasteiger partial charge in [-0.2, -0.15) is 0 Å². The van der Waals surface area contributed by atoms with Crippen LogP contribution in [0.15, 0.2) is 53.8 Å². The summed E-state index contributed by atoms with van der Waals surface area (Å²) in [5.74, 6) is 0. The maximum absolute atomic E-state index is 11.5. The van der Waals surface area contributed by atoms with Gasteiger partial charge in [-0.25, -0.2) is 5.01 Å². The number of nitrogens with one attached hydrogen (secondary N) is 1. The Hall–Kier alpha value is -2.36. The van der Waals surface area contributed by atoms with Crippen molar-refractivity contribution in [3.8, 4) is 0 Å². The largest absolute Gasteiger partial charge is 0.380 e. The zero-order chi connectivity index (χ0) is 14.9. The second-order valence-electron chi connectivity index (χ2n) is 6.11. The third kappa shape index (κ3) is 2.15. The molecule has 0 amide bonds. The van der Waals surface area contributed by atoms with E-state index < -0.39 is 0 Å². The SMILES string of the molecule is O=NN1c2ccccc2CC[C@H]1[C@H]1CCc2ccccc2N1. The molecule has 1 N–H and O–H groups in total. The highest BCUT2D eigenvalue weighted by atomic mass is 16.3. The highest BCUT2D eigenvalue weighted by Gasteiger charge is 2.34. The fourth-order valence-corrected chi connectivity index (χ4v) is 3.78. The van der Waals surface area contributed by atoms with E-state index in [0.717, 1.165) is 31.4 Å². The molecule has 2 atom stereocenters. The lowest BCUT2D eigenvalue weighted by atomic mass is 9.87. The third-order valence-corrected chi connectivity index (χ3v) is 4.90. The monoisotopic (exact) mass is 293 g/mol. The second-order valence-corrected chi connectivity index (χ2v) is 6.11. The first-order valence-corrected chi connectivity index (χ1v) is 7.91. The van der Waals surface area contributed by atoms with Gasteiger partial charge in [0.15, 0.2) is 0 Å². The molecule has 0 aliphatic carbocycles. The number of hydrogen-bond donors (Lipinski definition) is 1. The smallest absolute Gasteiger partial charge is 0.0762 e. The van der Waals surface area contributed by atoms with Gasteiger partial charge in [0.05, 0.1) is 17.0 Å². The van der Waals surface area contributed by atoms with Crippen molar-refractivity contribution in [2.75, 3.05) is 10.3 Å². The Balaban J connectivity index is 1.63. The summed E-state index contributed by atoms with van der Waals surface area (Å²) in [6.45, 7) is 0. The molecule has 112 valence electrons. The van der Waals surface area contributed by atoms with Gasteiger partial charge >= 0.3 is 0 Å². The van der Waals surface area contributed by atoms with E-state index in [1.165, 1.54) is 16.8 Å². The number of para-hydroxylation sites is 2. The number of anilines is 2. The van der Waals surface area contributed by atoms with Gasteiger partial charge in [-0.3, -0.25) is 0 Å². The van der Waals surface area contributed by atoms with Crippen LogP contribution in [0, 0.1) is 4.91 Å². The lowest BCUT2D eigenvalue weighted by Crippen LogP contribution is -2.48. The minimum Gasteiger partial charge on any atom is -0.380 e. The van der Waals surface area contributed by atoms with Crippen molar-refractivity contribution in [3.05, 3.63) is 64.6 Å². The zero-order valence-corrected chi connectivity index (χ0v) is 12.4. The van der Waals surface area contributed by atoms with Gasteiger partial charge < -0.3 is 5.32 Å². The summed E-state index contributed by atoms with van der Waals surface area (Å²) in [5.41, 5.74) is 4.74. The Morgan fingerprint density at radius 3 is 2.55 bits per heavy atom. The number of rotatable bonds is 2. The Labute approximate surface area is 130 Å². The van der Waals surface area contributed by atoms with Crippen molar-refractivity contribution < 1.29 is 0 Å². The van der Waals surface area contributed by atoms with Gasteiger partial charge in [-0.1, -0.05) is 36.4 Å². The predicted molar refractivity (Wildman–Crippen MR) is 89.0 cm³/mol. The normalized spacial score (nSPS) is 23.2. The molecule has 0 bridgehead atoms. The Kier molecular flexibility index (Phi) is 3.29. The second kappa shape index (κ2) is 5.44. The summed E-state index contributed by atoms with van der Waals surface area (Å²) in [4.78, 5) is 11.5. The van der Waals surface area contributed by atoms with E-state index in [2.05, 4.69) is 40.9 Å². The maximum Gasteiger partial charge on any atom is 0.0762 e. The topological polar surface area (TPSA) is 44.7 Å². The highest BCUT2D eigenvalue weighted by molar-refractivity contribution is 5.58. The van der Waals surface area contributed by atoms with Crippen molar-refractivity contribution in [1.82, 2.24) is 0 Å². The van der Waals surface area contributed by atoms with Gasteiger partial charge in [-0.05, 0) is 48.9 Å². The summed E-state index contributed by atoms with van der Waals surface area (Å²) < 4.78 is 0. The van der Waals surface area contributed by atoms with Crippen LogP contribution >= 0.6 is 0 Å². The summed E-state index contributed by atoms with van der Waals surface area (Å²) in [6.07, 6.45) is 4.06. The molecular formula is C18H19N3O. The van der Waals surface area contributed by atoms with Crippen LogP contribution in [0.25, 0.3) is 0 Å². The van der Waals surface area contributed by atoms with Crippen LogP contribution < -0.4 is 10.3 Å². The maximum atomic E-state index is 11.5. The Bertz CT molecular complexity index is 700. The summed E-state index contributed by atoms with van der Waals surface area (Å²) in [5, 5.41) is 8.65. The summed E-state index contributed by atoms with van der Waals surface area (Å²) in [6, 6.07) is 16.9. The lowest BCUT2D eigenvalue weighted by molar-refractivity contribution is 0.442. The zero-order valence-electron chi connectivity index (χ0n) is 12.4. The van der Waals surface area contributed by atoms with Crippen LogP contribution in [-0.4, -0.2) is 12.1 Å². The number of nitroso groups, excluding NO2 is 1. The molecule has 0 saturated heterocycles. The highest BCUT2D eigenvalue weighted by Crippen LogP contribution is 2.35. The van der Waals surface area contributed by atoms with Crippen LogP contribution in [0.5, 0.6) is 0 Å². The molecule has 22 heavy (non-hydrogen) atoms.